The molecule has 4 rings (SSSR count). The normalized spacial score (nSPS) is 17.7. The Balaban J connectivity index is 1.91. The number of pyridine rings is 1. The Morgan fingerprint density at radius 2 is 2.00 bits per heavy atom. The fourth-order valence-corrected chi connectivity index (χ4v) is 3.76. The zero-order valence-electron chi connectivity index (χ0n) is 14.5. The maximum atomic E-state index is 14.8. The number of phenols is 1. The third-order valence-corrected chi connectivity index (χ3v) is 5.06. The van der Waals surface area contributed by atoms with Crippen LogP contribution in [0.3, 0.4) is 0 Å². The molecule has 0 saturated carbocycles. The number of rotatable bonds is 2. The molecular weight excluding hydrogens is 334 g/mol. The summed E-state index contributed by atoms with van der Waals surface area (Å²) >= 11 is 0. The Morgan fingerprint density at radius 3 is 2.77 bits per heavy atom. The van der Waals surface area contributed by atoms with Gasteiger partial charge < -0.3 is 10.0 Å². The van der Waals surface area contributed by atoms with Crippen LogP contribution in [0.1, 0.15) is 19.8 Å². The van der Waals surface area contributed by atoms with Crippen LogP contribution >= 0.6 is 0 Å². The van der Waals surface area contributed by atoms with E-state index >= 15 is 0 Å². The van der Waals surface area contributed by atoms with Crippen molar-refractivity contribution in [2.75, 3.05) is 18.0 Å². The Bertz CT molecular complexity index is 974. The van der Waals surface area contributed by atoms with Crippen LogP contribution < -0.4 is 4.90 Å². The van der Waals surface area contributed by atoms with E-state index in [0.29, 0.717) is 33.6 Å². The van der Waals surface area contributed by atoms with E-state index in [4.69, 9.17) is 0 Å². The first-order valence-electron chi connectivity index (χ1n) is 8.85. The van der Waals surface area contributed by atoms with Crippen LogP contribution in [0.25, 0.3) is 21.9 Å². The van der Waals surface area contributed by atoms with E-state index < -0.39 is 11.6 Å². The van der Waals surface area contributed by atoms with E-state index in [1.165, 1.54) is 24.6 Å². The highest BCUT2D eigenvalue weighted by Gasteiger charge is 2.22. The molecule has 1 N–H and O–H groups in total. The largest absolute Gasteiger partial charge is 0.505 e. The Hall–Kier alpha value is -2.69. The van der Waals surface area contributed by atoms with Crippen molar-refractivity contribution in [2.45, 2.75) is 19.8 Å². The molecule has 0 spiro atoms. The smallest absolute Gasteiger partial charge is 0.165 e. The number of benzene rings is 2. The molecule has 2 aromatic carbocycles. The molecule has 2 heterocycles. The first kappa shape index (κ1) is 16.8. The topological polar surface area (TPSA) is 36.4 Å². The SMILES string of the molecule is CC1CCCN(c2ncc(-c3ccc(O)c(F)c3)c3cccc(F)c23)C1. The minimum Gasteiger partial charge on any atom is -0.505 e. The van der Waals surface area contributed by atoms with Gasteiger partial charge in [0, 0.05) is 24.8 Å². The summed E-state index contributed by atoms with van der Waals surface area (Å²) in [5.74, 6) is -0.257. The monoisotopic (exact) mass is 354 g/mol. The van der Waals surface area contributed by atoms with Crippen LogP contribution in [0.4, 0.5) is 14.6 Å². The summed E-state index contributed by atoms with van der Waals surface area (Å²) in [6, 6.07) is 9.08. The van der Waals surface area contributed by atoms with Gasteiger partial charge in [0.05, 0.1) is 5.39 Å². The molecular formula is C21H20F2N2O. The van der Waals surface area contributed by atoms with Crippen LogP contribution in [-0.2, 0) is 0 Å². The molecule has 1 aromatic heterocycles. The first-order chi connectivity index (χ1) is 12.5. The second-order valence-corrected chi connectivity index (χ2v) is 7.02. The molecule has 0 radical (unpaired) electrons. The standard InChI is InChI=1S/C21H20F2N2O/c1-13-4-3-9-25(12-13)21-20-15(5-2-6-17(20)22)16(11-24-21)14-7-8-19(26)18(23)10-14/h2,5-8,10-11,13,26H,3-4,9,12H2,1H3. The lowest BCUT2D eigenvalue weighted by molar-refractivity contribution is 0.432. The van der Waals surface area contributed by atoms with Gasteiger partial charge in [-0.1, -0.05) is 25.1 Å². The van der Waals surface area contributed by atoms with E-state index in [0.717, 1.165) is 19.5 Å². The van der Waals surface area contributed by atoms with Gasteiger partial charge in [-0.2, -0.15) is 0 Å². The van der Waals surface area contributed by atoms with Crippen LogP contribution in [0, 0.1) is 17.6 Å². The van der Waals surface area contributed by atoms with E-state index in [2.05, 4.69) is 16.8 Å². The molecule has 3 nitrogen and oxygen atoms in total. The minimum atomic E-state index is -0.707. The number of hydrogen-bond acceptors (Lipinski definition) is 3. The van der Waals surface area contributed by atoms with Gasteiger partial charge in [0.15, 0.2) is 11.6 Å². The zero-order chi connectivity index (χ0) is 18.3. The number of fused-ring (bicyclic) bond motifs is 1. The van der Waals surface area contributed by atoms with Crippen LogP contribution in [-0.4, -0.2) is 23.2 Å². The highest BCUT2D eigenvalue weighted by Crippen LogP contribution is 2.37. The van der Waals surface area contributed by atoms with E-state index in [1.54, 1.807) is 18.3 Å². The van der Waals surface area contributed by atoms with Crippen molar-refractivity contribution >= 4 is 16.6 Å². The molecule has 1 atom stereocenters. The van der Waals surface area contributed by atoms with Crippen molar-refractivity contribution in [1.29, 1.82) is 0 Å². The molecule has 26 heavy (non-hydrogen) atoms. The quantitative estimate of drug-likeness (QED) is 0.694. The van der Waals surface area contributed by atoms with Crippen LogP contribution in [0.5, 0.6) is 5.75 Å². The maximum Gasteiger partial charge on any atom is 0.165 e. The summed E-state index contributed by atoms with van der Waals surface area (Å²) in [5.41, 5.74) is 1.20. The molecule has 3 aromatic rings. The number of aromatic nitrogens is 1. The van der Waals surface area contributed by atoms with Gasteiger partial charge in [0.25, 0.3) is 0 Å². The number of anilines is 1. The molecule has 1 saturated heterocycles. The van der Waals surface area contributed by atoms with Crippen molar-refractivity contribution < 1.29 is 13.9 Å². The lowest BCUT2D eigenvalue weighted by Gasteiger charge is -2.32. The highest BCUT2D eigenvalue weighted by atomic mass is 19.1. The highest BCUT2D eigenvalue weighted by molar-refractivity contribution is 6.02. The lowest BCUT2D eigenvalue weighted by Crippen LogP contribution is -2.35. The van der Waals surface area contributed by atoms with Crippen LogP contribution in [0.15, 0.2) is 42.6 Å². The number of halogens is 2. The van der Waals surface area contributed by atoms with Crippen molar-refractivity contribution in [3.63, 3.8) is 0 Å². The molecule has 1 fully saturated rings. The molecule has 1 aliphatic rings. The molecule has 0 amide bonds. The van der Waals surface area contributed by atoms with E-state index in [1.807, 2.05) is 6.07 Å². The molecule has 1 aliphatic heterocycles. The van der Waals surface area contributed by atoms with Crippen molar-refractivity contribution in [1.82, 2.24) is 4.98 Å². The van der Waals surface area contributed by atoms with Gasteiger partial charge >= 0.3 is 0 Å². The van der Waals surface area contributed by atoms with Crippen molar-refractivity contribution in [3.8, 4) is 16.9 Å². The number of hydrogen-bond donors (Lipinski definition) is 1. The van der Waals surface area contributed by atoms with Gasteiger partial charge in [0.1, 0.15) is 11.6 Å². The van der Waals surface area contributed by atoms with E-state index in [-0.39, 0.29) is 5.82 Å². The summed E-state index contributed by atoms with van der Waals surface area (Å²) in [6.07, 6.45) is 3.90. The predicted molar refractivity (Wildman–Crippen MR) is 99.4 cm³/mol. The average molecular weight is 354 g/mol. The second-order valence-electron chi connectivity index (χ2n) is 7.02. The van der Waals surface area contributed by atoms with Crippen molar-refractivity contribution in [2.24, 2.45) is 5.92 Å². The summed E-state index contributed by atoms with van der Waals surface area (Å²) < 4.78 is 28.6. The first-order valence-corrected chi connectivity index (χ1v) is 8.85. The fraction of sp³-hybridized carbons (Fsp3) is 0.286. The Labute approximate surface area is 150 Å². The summed E-state index contributed by atoms with van der Waals surface area (Å²) in [5, 5.41) is 10.6. The number of nitrogens with zero attached hydrogens (tertiary/aromatic N) is 2. The molecule has 134 valence electrons. The molecule has 1 unspecified atom stereocenters. The molecule has 0 bridgehead atoms. The van der Waals surface area contributed by atoms with Gasteiger partial charge in [0.2, 0.25) is 0 Å². The molecule has 0 aliphatic carbocycles. The number of piperidine rings is 1. The third kappa shape index (κ3) is 2.87. The lowest BCUT2D eigenvalue weighted by atomic mass is 9.97. The van der Waals surface area contributed by atoms with E-state index in [9.17, 15) is 13.9 Å². The summed E-state index contributed by atoms with van der Waals surface area (Å²) in [6.45, 7) is 3.90. The average Bonchev–Trinajstić information content (AvgIpc) is 2.63. The van der Waals surface area contributed by atoms with Gasteiger partial charge in [-0.15, -0.1) is 0 Å². The number of phenolic OH excluding ortho intramolecular Hbond substituents is 1. The fourth-order valence-electron chi connectivity index (χ4n) is 3.76. The van der Waals surface area contributed by atoms with Crippen molar-refractivity contribution in [3.05, 3.63) is 54.2 Å². The summed E-state index contributed by atoms with van der Waals surface area (Å²) in [7, 11) is 0. The molecule has 5 heteroatoms. The van der Waals surface area contributed by atoms with Crippen LogP contribution in [0.2, 0.25) is 0 Å². The second kappa shape index (κ2) is 6.56. The van der Waals surface area contributed by atoms with Gasteiger partial charge in [-0.05, 0) is 47.9 Å². The van der Waals surface area contributed by atoms with Gasteiger partial charge in [-0.3, -0.25) is 0 Å². The summed E-state index contributed by atoms with van der Waals surface area (Å²) in [4.78, 5) is 6.69. The minimum absolute atomic E-state index is 0.329. The predicted octanol–water partition coefficient (Wildman–Crippen LogP) is 5.12. The van der Waals surface area contributed by atoms with Gasteiger partial charge in [-0.25, -0.2) is 13.8 Å². The third-order valence-electron chi connectivity index (χ3n) is 5.06. The zero-order valence-corrected chi connectivity index (χ0v) is 14.5. The Kier molecular flexibility index (Phi) is 4.23. The maximum absolute atomic E-state index is 14.8. The number of aromatic hydroxyl groups is 1. The Morgan fingerprint density at radius 1 is 1.15 bits per heavy atom.